The largest absolute Gasteiger partial charge is 0.527 e. The van der Waals surface area contributed by atoms with Crippen molar-refractivity contribution in [1.82, 2.24) is 0 Å². The summed E-state index contributed by atoms with van der Waals surface area (Å²) in [4.78, 5) is 9.66. The van der Waals surface area contributed by atoms with Crippen LogP contribution in [0.15, 0.2) is 24.3 Å². The molecule has 1 unspecified atom stereocenters. The highest BCUT2D eigenvalue weighted by Crippen LogP contribution is 2.43. The van der Waals surface area contributed by atoms with Crippen LogP contribution in [0.4, 0.5) is 0 Å². The lowest BCUT2D eigenvalue weighted by molar-refractivity contribution is -0.870. The Kier molecular flexibility index (Phi) is 6.17. The molecule has 0 aliphatic carbocycles. The van der Waals surface area contributed by atoms with Gasteiger partial charge in [-0.3, -0.25) is 9.42 Å². The molecule has 1 rings (SSSR count). The van der Waals surface area contributed by atoms with Gasteiger partial charge in [0.05, 0.1) is 27.7 Å². The summed E-state index contributed by atoms with van der Waals surface area (Å²) in [6.07, 6.45) is 0. The molecule has 6 nitrogen and oxygen atoms in total. The van der Waals surface area contributed by atoms with Gasteiger partial charge in [-0.05, 0) is 17.7 Å². The van der Waals surface area contributed by atoms with Gasteiger partial charge in [0, 0.05) is 7.11 Å². The fourth-order valence-corrected chi connectivity index (χ4v) is 2.19. The predicted molar refractivity (Wildman–Crippen MR) is 76.5 cm³/mol. The molecule has 1 atom stereocenters. The molecule has 20 heavy (non-hydrogen) atoms. The van der Waals surface area contributed by atoms with Gasteiger partial charge in [0.15, 0.2) is 0 Å². The lowest BCUT2D eigenvalue weighted by Crippen LogP contribution is -2.37. The van der Waals surface area contributed by atoms with Crippen LogP contribution in [0.5, 0.6) is 5.75 Å². The van der Waals surface area contributed by atoms with Crippen LogP contribution < -0.4 is 4.52 Å². The third-order valence-electron chi connectivity index (χ3n) is 2.45. The Balaban J connectivity index is 2.57. The number of hydrogen-bond donors (Lipinski definition) is 1. The van der Waals surface area contributed by atoms with Crippen molar-refractivity contribution >= 4 is 7.82 Å². The summed E-state index contributed by atoms with van der Waals surface area (Å²) < 4.78 is 27.4. The summed E-state index contributed by atoms with van der Waals surface area (Å²) in [5.41, 5.74) is 0.858. The summed E-state index contributed by atoms with van der Waals surface area (Å²) in [7, 11) is 3.41. The summed E-state index contributed by atoms with van der Waals surface area (Å²) in [5.74, 6) is 0.288. The van der Waals surface area contributed by atoms with Crippen molar-refractivity contribution in [1.29, 1.82) is 0 Å². The lowest BCUT2D eigenvalue weighted by atomic mass is 10.2. The monoisotopic (exact) mass is 304 g/mol. The third-order valence-corrected chi connectivity index (χ3v) is 3.40. The van der Waals surface area contributed by atoms with Crippen LogP contribution in [0.3, 0.4) is 0 Å². The maximum Gasteiger partial charge on any atom is 0.527 e. The van der Waals surface area contributed by atoms with E-state index in [1.807, 2.05) is 27.2 Å². The van der Waals surface area contributed by atoms with Crippen LogP contribution in [0, 0.1) is 0 Å². The Morgan fingerprint density at radius 3 is 2.60 bits per heavy atom. The molecule has 0 fully saturated rings. The van der Waals surface area contributed by atoms with E-state index < -0.39 is 7.82 Å². The van der Waals surface area contributed by atoms with Crippen LogP contribution in [0.25, 0.3) is 0 Å². The van der Waals surface area contributed by atoms with Crippen molar-refractivity contribution in [3.05, 3.63) is 29.8 Å². The molecule has 0 amide bonds. The molecule has 0 aliphatic heterocycles. The smallest absolute Gasteiger partial charge is 0.404 e. The van der Waals surface area contributed by atoms with E-state index in [9.17, 15) is 9.46 Å². The van der Waals surface area contributed by atoms with Gasteiger partial charge in [-0.25, -0.2) is 4.57 Å². The molecule has 0 saturated carbocycles. The van der Waals surface area contributed by atoms with E-state index in [1.165, 1.54) is 0 Å². The first-order valence-electron chi connectivity index (χ1n) is 6.27. The van der Waals surface area contributed by atoms with Crippen molar-refractivity contribution in [2.24, 2.45) is 0 Å². The number of phosphoric acid groups is 1. The number of nitrogens with zero attached hydrogens (tertiary/aromatic N) is 1. The average Bonchev–Trinajstić information content (AvgIpc) is 2.26. The fourth-order valence-electron chi connectivity index (χ4n) is 1.45. The van der Waals surface area contributed by atoms with Gasteiger partial charge in [0.25, 0.3) is 0 Å². The van der Waals surface area contributed by atoms with Gasteiger partial charge >= 0.3 is 7.82 Å². The van der Waals surface area contributed by atoms with Gasteiger partial charge in [0.1, 0.15) is 18.9 Å². The van der Waals surface area contributed by atoms with Crippen molar-refractivity contribution in [2.75, 3.05) is 41.4 Å². The zero-order valence-corrected chi connectivity index (χ0v) is 13.3. The van der Waals surface area contributed by atoms with E-state index >= 15 is 0 Å². The number of ether oxygens (including phenoxy) is 1. The molecule has 1 N–H and O–H groups in total. The predicted octanol–water partition coefficient (Wildman–Crippen LogP) is 2.04. The minimum Gasteiger partial charge on any atom is -0.404 e. The Labute approximate surface area is 120 Å². The van der Waals surface area contributed by atoms with Gasteiger partial charge in [-0.15, -0.1) is 0 Å². The number of methoxy groups -OCH3 is 1. The highest BCUT2D eigenvalue weighted by molar-refractivity contribution is 7.47. The first-order valence-corrected chi connectivity index (χ1v) is 7.77. The Hall–Kier alpha value is -0.910. The van der Waals surface area contributed by atoms with E-state index in [1.54, 1.807) is 25.3 Å². The highest BCUT2D eigenvalue weighted by Gasteiger charge is 2.24. The second-order valence-electron chi connectivity index (χ2n) is 5.49. The van der Waals surface area contributed by atoms with Crippen molar-refractivity contribution in [3.8, 4) is 5.75 Å². The summed E-state index contributed by atoms with van der Waals surface area (Å²) >= 11 is 0. The number of likely N-dealkylation sites (N-methyl/N-ethyl adjacent to an activating group) is 1. The molecular formula is C13H23NO5P+. The van der Waals surface area contributed by atoms with Crippen LogP contribution >= 0.6 is 7.82 Å². The number of phosphoric ester groups is 1. The maximum atomic E-state index is 11.8. The first kappa shape index (κ1) is 17.1. The Morgan fingerprint density at radius 1 is 1.30 bits per heavy atom. The van der Waals surface area contributed by atoms with E-state index in [2.05, 4.69) is 0 Å². The molecule has 1 aromatic rings. The SMILES string of the molecule is COCc1cccc(OP(=O)(O)OCC[N+](C)(C)C)c1. The summed E-state index contributed by atoms with van der Waals surface area (Å²) in [6.45, 7) is 1.17. The van der Waals surface area contributed by atoms with E-state index in [4.69, 9.17) is 13.8 Å². The van der Waals surface area contributed by atoms with Crippen molar-refractivity contribution in [2.45, 2.75) is 6.61 Å². The number of quaternary nitrogens is 1. The highest BCUT2D eigenvalue weighted by atomic mass is 31.2. The van der Waals surface area contributed by atoms with Crippen LogP contribution in [-0.4, -0.2) is 50.8 Å². The number of rotatable bonds is 8. The van der Waals surface area contributed by atoms with E-state index in [-0.39, 0.29) is 12.4 Å². The van der Waals surface area contributed by atoms with Crippen LogP contribution in [-0.2, 0) is 20.4 Å². The molecule has 0 heterocycles. The molecular weight excluding hydrogens is 281 g/mol. The zero-order chi connectivity index (χ0) is 15.2. The third kappa shape index (κ3) is 7.03. The van der Waals surface area contributed by atoms with Gasteiger partial charge in [-0.1, -0.05) is 12.1 Å². The first-order chi connectivity index (χ1) is 9.22. The van der Waals surface area contributed by atoms with Crippen molar-refractivity contribution < 1.29 is 27.7 Å². The minimum absolute atomic E-state index is 0.148. The molecule has 114 valence electrons. The Morgan fingerprint density at radius 2 is 2.00 bits per heavy atom. The van der Waals surface area contributed by atoms with Gasteiger partial charge in [0.2, 0.25) is 0 Å². The molecule has 0 aromatic heterocycles. The Bertz CT molecular complexity index is 472. The topological polar surface area (TPSA) is 65.0 Å². The standard InChI is InChI=1S/C13H22NO5P/c1-14(2,3)8-9-18-20(15,16)19-13-7-5-6-12(10-13)11-17-4/h5-7,10H,8-9,11H2,1-4H3/p+1. The van der Waals surface area contributed by atoms with Gasteiger partial charge in [-0.2, -0.15) is 0 Å². The molecule has 0 bridgehead atoms. The quantitative estimate of drug-likeness (QED) is 0.588. The maximum absolute atomic E-state index is 11.8. The normalized spacial score (nSPS) is 14.8. The molecule has 7 heteroatoms. The molecule has 0 saturated heterocycles. The molecule has 0 radical (unpaired) electrons. The van der Waals surface area contributed by atoms with Crippen LogP contribution in [0.1, 0.15) is 5.56 Å². The van der Waals surface area contributed by atoms with Gasteiger partial charge < -0.3 is 13.7 Å². The summed E-state index contributed by atoms with van der Waals surface area (Å²) in [6, 6.07) is 6.83. The van der Waals surface area contributed by atoms with E-state index in [0.717, 1.165) is 5.56 Å². The molecule has 1 aromatic carbocycles. The second kappa shape index (κ2) is 7.20. The zero-order valence-electron chi connectivity index (χ0n) is 12.4. The van der Waals surface area contributed by atoms with Crippen LogP contribution in [0.2, 0.25) is 0 Å². The van der Waals surface area contributed by atoms with Crippen molar-refractivity contribution in [3.63, 3.8) is 0 Å². The number of hydrogen-bond acceptors (Lipinski definition) is 4. The average molecular weight is 304 g/mol. The van der Waals surface area contributed by atoms with E-state index in [0.29, 0.717) is 17.6 Å². The number of benzene rings is 1. The second-order valence-corrected chi connectivity index (χ2v) is 6.87. The minimum atomic E-state index is -4.09. The summed E-state index contributed by atoms with van der Waals surface area (Å²) in [5, 5.41) is 0. The fraction of sp³-hybridized carbons (Fsp3) is 0.538. The lowest BCUT2D eigenvalue weighted by Gasteiger charge is -2.24. The molecule has 0 aliphatic rings. The molecule has 0 spiro atoms.